The Morgan fingerprint density at radius 2 is 2.12 bits per heavy atom. The van der Waals surface area contributed by atoms with Gasteiger partial charge in [0.05, 0.1) is 17.5 Å². The van der Waals surface area contributed by atoms with Crippen molar-refractivity contribution >= 4 is 29.5 Å². The molecule has 0 aliphatic carbocycles. The van der Waals surface area contributed by atoms with Gasteiger partial charge in [-0.25, -0.2) is 9.97 Å². The number of nitrogens with zero attached hydrogens (tertiary/aromatic N) is 5. The van der Waals surface area contributed by atoms with Gasteiger partial charge >= 0.3 is 5.97 Å². The number of benzene rings is 1. The number of rotatable bonds is 11. The molecule has 0 fully saturated rings. The molecule has 1 aromatic carbocycles. The zero-order valence-electron chi connectivity index (χ0n) is 17.2. The zero-order chi connectivity index (χ0) is 22.3. The Labute approximate surface area is 193 Å². The van der Waals surface area contributed by atoms with Crippen LogP contribution in [0.3, 0.4) is 0 Å². The van der Waals surface area contributed by atoms with Crippen LogP contribution in [-0.4, -0.2) is 51.7 Å². The van der Waals surface area contributed by atoms with Gasteiger partial charge in [-0.15, -0.1) is 11.3 Å². The minimum Gasteiger partial charge on any atom is -0.480 e. The van der Waals surface area contributed by atoms with Crippen LogP contribution in [0.1, 0.15) is 24.2 Å². The van der Waals surface area contributed by atoms with Gasteiger partial charge in [-0.2, -0.15) is 5.10 Å². The van der Waals surface area contributed by atoms with Crippen molar-refractivity contribution in [2.75, 3.05) is 0 Å². The van der Waals surface area contributed by atoms with Crippen LogP contribution in [0.25, 0.3) is 11.4 Å². The highest BCUT2D eigenvalue weighted by atomic mass is 32.1. The minimum atomic E-state index is -0.862. The van der Waals surface area contributed by atoms with Gasteiger partial charge in [0.15, 0.2) is 10.6 Å². The smallest absolute Gasteiger partial charge is 0.320 e. The Morgan fingerprint density at radius 1 is 1.28 bits per heavy atom. The van der Waals surface area contributed by atoms with E-state index < -0.39 is 12.0 Å². The van der Waals surface area contributed by atoms with Crippen molar-refractivity contribution in [3.8, 4) is 11.4 Å². The van der Waals surface area contributed by atoms with Crippen molar-refractivity contribution in [2.45, 2.75) is 38.5 Å². The fourth-order valence-corrected chi connectivity index (χ4v) is 4.40. The molecule has 0 unspecified atom stereocenters. The first kappa shape index (κ1) is 22.1. The summed E-state index contributed by atoms with van der Waals surface area (Å²) in [5, 5.41) is 19.2. The molecule has 0 aliphatic rings. The Bertz CT molecular complexity index is 1130. The second-order valence-electron chi connectivity index (χ2n) is 7.33. The SMILES string of the molecule is O=C(O)[C@H](CCCn1c(-c2ccccc2)n[nH]c1=S)N(Cc1cscn1)Cc1cnc[nH]1. The first-order valence-electron chi connectivity index (χ1n) is 10.1. The van der Waals surface area contributed by atoms with Crippen molar-refractivity contribution in [1.82, 2.24) is 34.6 Å². The van der Waals surface area contributed by atoms with Crippen LogP contribution < -0.4 is 0 Å². The molecule has 0 radical (unpaired) electrons. The minimum absolute atomic E-state index is 0.439. The molecule has 3 aromatic heterocycles. The highest BCUT2D eigenvalue weighted by Gasteiger charge is 2.26. The fourth-order valence-electron chi connectivity index (χ4n) is 3.63. The average molecular weight is 470 g/mol. The molecule has 4 aromatic rings. The lowest BCUT2D eigenvalue weighted by Gasteiger charge is -2.28. The lowest BCUT2D eigenvalue weighted by Crippen LogP contribution is -2.40. The van der Waals surface area contributed by atoms with E-state index in [9.17, 15) is 9.90 Å². The predicted octanol–water partition coefficient (Wildman–Crippen LogP) is 3.72. The molecule has 4 rings (SSSR count). The van der Waals surface area contributed by atoms with E-state index in [0.717, 1.165) is 22.8 Å². The third kappa shape index (κ3) is 5.36. The molecule has 0 bridgehead atoms. The molecule has 11 heteroatoms. The highest BCUT2D eigenvalue weighted by molar-refractivity contribution is 7.71. The number of aromatic amines is 2. The lowest BCUT2D eigenvalue weighted by molar-refractivity contribution is -0.144. The second-order valence-corrected chi connectivity index (χ2v) is 8.43. The number of hydrogen-bond acceptors (Lipinski definition) is 7. The number of aliphatic carboxylic acids is 1. The number of hydrogen-bond donors (Lipinski definition) is 3. The summed E-state index contributed by atoms with van der Waals surface area (Å²) in [6.07, 6.45) is 4.39. The van der Waals surface area contributed by atoms with Crippen LogP contribution in [0.15, 0.2) is 53.7 Å². The Morgan fingerprint density at radius 3 is 2.81 bits per heavy atom. The largest absolute Gasteiger partial charge is 0.480 e. The number of carboxylic acid groups (broad SMARTS) is 1. The standard InChI is InChI=1S/C21H23N7O2S2/c29-20(30)18(27(10-16-9-22-13-23-16)11-17-12-32-14-24-17)7-4-8-28-19(25-26-21(28)31)15-5-2-1-3-6-15/h1-3,5-6,9,12-14,18H,4,7-8,10-11H2,(H,22,23)(H,26,31)(H,29,30)/t18-/m0/s1. The van der Waals surface area contributed by atoms with Crippen molar-refractivity contribution in [2.24, 2.45) is 0 Å². The van der Waals surface area contributed by atoms with Crippen molar-refractivity contribution in [3.63, 3.8) is 0 Å². The van der Waals surface area contributed by atoms with Crippen LogP contribution in [-0.2, 0) is 24.4 Å². The molecule has 0 amide bonds. The average Bonchev–Trinajstić information content (AvgIpc) is 3.55. The van der Waals surface area contributed by atoms with Crippen LogP contribution in [0, 0.1) is 4.77 Å². The number of aromatic nitrogens is 6. The summed E-state index contributed by atoms with van der Waals surface area (Å²) in [5.41, 5.74) is 4.42. The molecule has 3 N–H and O–H groups in total. The van der Waals surface area contributed by atoms with Gasteiger partial charge < -0.3 is 14.7 Å². The molecule has 0 aliphatic heterocycles. The molecular formula is C21H23N7O2S2. The maximum Gasteiger partial charge on any atom is 0.320 e. The molecule has 0 spiro atoms. The molecule has 3 heterocycles. The van der Waals surface area contributed by atoms with Gasteiger partial charge in [0.25, 0.3) is 0 Å². The van der Waals surface area contributed by atoms with Crippen molar-refractivity contribution < 1.29 is 9.90 Å². The molecule has 9 nitrogen and oxygen atoms in total. The van der Waals surface area contributed by atoms with Gasteiger partial charge in [-0.1, -0.05) is 30.3 Å². The topological polar surface area (TPSA) is 116 Å². The van der Waals surface area contributed by atoms with Gasteiger partial charge in [0.2, 0.25) is 0 Å². The Balaban J connectivity index is 1.48. The zero-order valence-corrected chi connectivity index (χ0v) is 18.9. The number of carbonyl (C=O) groups is 1. The summed E-state index contributed by atoms with van der Waals surface area (Å²) < 4.78 is 2.44. The number of imidazole rings is 1. The number of nitrogens with one attached hydrogen (secondary N) is 2. The van der Waals surface area contributed by atoms with E-state index in [4.69, 9.17) is 12.2 Å². The molecule has 0 saturated carbocycles. The Kier molecular flexibility index (Phi) is 7.20. The maximum absolute atomic E-state index is 12.2. The monoisotopic (exact) mass is 469 g/mol. The van der Waals surface area contributed by atoms with E-state index in [-0.39, 0.29) is 0 Å². The molecule has 166 valence electrons. The molecule has 1 atom stereocenters. The first-order chi connectivity index (χ1) is 15.6. The van der Waals surface area contributed by atoms with E-state index in [2.05, 4.69) is 25.1 Å². The summed E-state index contributed by atoms with van der Waals surface area (Å²) in [7, 11) is 0. The van der Waals surface area contributed by atoms with Gasteiger partial charge in [0.1, 0.15) is 6.04 Å². The number of carboxylic acids is 1. The quantitative estimate of drug-likeness (QED) is 0.287. The summed E-state index contributed by atoms with van der Waals surface area (Å²) in [6.45, 7) is 1.45. The van der Waals surface area contributed by atoms with Crippen LogP contribution in [0.2, 0.25) is 0 Å². The van der Waals surface area contributed by atoms with E-state index in [1.54, 1.807) is 18.0 Å². The van der Waals surface area contributed by atoms with E-state index in [1.165, 1.54) is 11.3 Å². The molecular weight excluding hydrogens is 446 g/mol. The van der Waals surface area contributed by atoms with E-state index in [0.29, 0.717) is 37.2 Å². The normalized spacial score (nSPS) is 12.3. The van der Waals surface area contributed by atoms with Crippen molar-refractivity contribution in [1.29, 1.82) is 0 Å². The summed E-state index contributed by atoms with van der Waals surface area (Å²) in [6, 6.07) is 9.11. The predicted molar refractivity (Wildman–Crippen MR) is 123 cm³/mol. The van der Waals surface area contributed by atoms with E-state index in [1.807, 2.05) is 45.2 Å². The molecule has 32 heavy (non-hydrogen) atoms. The van der Waals surface area contributed by atoms with E-state index >= 15 is 0 Å². The van der Waals surface area contributed by atoms with Gasteiger partial charge in [0, 0.05) is 42.5 Å². The van der Waals surface area contributed by atoms with Crippen LogP contribution in [0.5, 0.6) is 0 Å². The molecule has 0 saturated heterocycles. The van der Waals surface area contributed by atoms with Gasteiger partial charge in [-0.3, -0.25) is 14.8 Å². The lowest BCUT2D eigenvalue weighted by atomic mass is 10.1. The third-order valence-electron chi connectivity index (χ3n) is 5.15. The highest BCUT2D eigenvalue weighted by Crippen LogP contribution is 2.20. The summed E-state index contributed by atoms with van der Waals surface area (Å²) in [4.78, 5) is 25.6. The van der Waals surface area contributed by atoms with Crippen LogP contribution >= 0.6 is 23.6 Å². The van der Waals surface area contributed by atoms with Crippen molar-refractivity contribution in [3.05, 3.63) is 69.9 Å². The van der Waals surface area contributed by atoms with Crippen LogP contribution in [0.4, 0.5) is 0 Å². The fraction of sp³-hybridized carbons (Fsp3) is 0.286. The number of H-pyrrole nitrogens is 2. The maximum atomic E-state index is 12.2. The summed E-state index contributed by atoms with van der Waals surface area (Å²) in [5.74, 6) is -0.113. The number of thiazole rings is 1. The Hall–Kier alpha value is -3.15. The van der Waals surface area contributed by atoms with Gasteiger partial charge in [-0.05, 0) is 25.1 Å². The third-order valence-corrected chi connectivity index (χ3v) is 6.10. The first-order valence-corrected chi connectivity index (χ1v) is 11.5. The summed E-state index contributed by atoms with van der Waals surface area (Å²) >= 11 is 6.90. The second kappa shape index (κ2) is 10.4.